The van der Waals surface area contributed by atoms with Gasteiger partial charge in [-0.3, -0.25) is 0 Å². The first-order valence-corrected chi connectivity index (χ1v) is 3.13. The molecule has 0 bridgehead atoms. The molecule has 0 heterocycles. The van der Waals surface area contributed by atoms with Crippen LogP contribution in [0.1, 0.15) is 0 Å². The summed E-state index contributed by atoms with van der Waals surface area (Å²) in [7, 11) is 0. The van der Waals surface area contributed by atoms with E-state index in [0.717, 1.165) is 0 Å². The molecule has 0 unspecified atom stereocenters. The van der Waals surface area contributed by atoms with E-state index in [9.17, 15) is 10.1 Å². The standard InChI is InChI=1S/C10H2N2O2/c11-9-7-5-3-1-2-4-6-8-10-12(13)14/h11H2. The molecule has 0 radical (unpaired) electrons. The Hall–Kier alpha value is -3.00. The van der Waals surface area contributed by atoms with Crippen molar-refractivity contribution in [3.8, 4) is 59.5 Å². The lowest BCUT2D eigenvalue weighted by Crippen LogP contribution is -1.81. The van der Waals surface area contributed by atoms with Crippen LogP contribution in [0.3, 0.4) is 0 Å². The molecule has 0 atom stereocenters. The minimum atomic E-state index is -0.793. The fourth-order valence-electron chi connectivity index (χ4n) is 0.297. The zero-order valence-electron chi connectivity index (χ0n) is 6.84. The molecule has 0 saturated heterocycles. The molecule has 64 valence electrons. The van der Waals surface area contributed by atoms with Crippen LogP contribution in [0.5, 0.6) is 0 Å². The summed E-state index contributed by atoms with van der Waals surface area (Å²) in [5.41, 5.74) is 4.82. The van der Waals surface area contributed by atoms with Crippen LogP contribution in [0, 0.1) is 69.6 Å². The Kier molecular flexibility index (Phi) is 6.36. The average Bonchev–Trinajstić information content (AvgIpc) is 2.15. The van der Waals surface area contributed by atoms with Crippen molar-refractivity contribution in [2.45, 2.75) is 0 Å². The van der Waals surface area contributed by atoms with Gasteiger partial charge < -0.3 is 5.73 Å². The van der Waals surface area contributed by atoms with Gasteiger partial charge in [0.05, 0.1) is 5.92 Å². The van der Waals surface area contributed by atoms with Crippen LogP contribution in [-0.4, -0.2) is 4.92 Å². The second-order valence-corrected chi connectivity index (χ2v) is 1.51. The maximum absolute atomic E-state index is 9.69. The van der Waals surface area contributed by atoms with Gasteiger partial charge in [-0.1, -0.05) is 0 Å². The van der Waals surface area contributed by atoms with Gasteiger partial charge in [0.15, 0.2) is 0 Å². The van der Waals surface area contributed by atoms with E-state index in [1.807, 2.05) is 5.92 Å². The summed E-state index contributed by atoms with van der Waals surface area (Å²) in [6, 6.07) is 3.68. The van der Waals surface area contributed by atoms with Gasteiger partial charge in [-0.05, 0) is 0 Å². The molecule has 4 nitrogen and oxygen atoms in total. The van der Waals surface area contributed by atoms with E-state index >= 15 is 0 Å². The lowest BCUT2D eigenvalue weighted by Gasteiger charge is -1.62. The highest BCUT2D eigenvalue weighted by Crippen LogP contribution is 1.58. The Morgan fingerprint density at radius 2 is 1.29 bits per heavy atom. The average molecular weight is 182 g/mol. The van der Waals surface area contributed by atoms with Crippen LogP contribution in [0.25, 0.3) is 0 Å². The number of hydrogen-bond acceptors (Lipinski definition) is 3. The summed E-state index contributed by atoms with van der Waals surface area (Å²) in [5.74, 6) is 17.9. The van der Waals surface area contributed by atoms with E-state index in [1.165, 1.54) is 0 Å². The number of nitro groups is 1. The van der Waals surface area contributed by atoms with Crippen LogP contribution >= 0.6 is 0 Å². The zero-order chi connectivity index (χ0) is 10.6. The molecular weight excluding hydrogens is 180 g/mol. The molecule has 0 amide bonds. The molecule has 0 fully saturated rings. The number of nitrogens with two attached hydrogens (primary N) is 1. The van der Waals surface area contributed by atoms with Crippen LogP contribution in [0.4, 0.5) is 0 Å². The summed E-state index contributed by atoms with van der Waals surface area (Å²) in [5, 5.41) is 9.69. The highest BCUT2D eigenvalue weighted by atomic mass is 16.6. The minimum absolute atomic E-state index is 0.793. The molecular formula is C10H2N2O2. The number of rotatable bonds is 0. The summed E-state index contributed by atoms with van der Waals surface area (Å²) in [6.07, 6.45) is 0. The summed E-state index contributed by atoms with van der Waals surface area (Å²) in [4.78, 5) is 8.89. The molecule has 0 aromatic rings. The highest BCUT2D eigenvalue weighted by Gasteiger charge is 1.76. The number of nitrogens with zero attached hydrogens (tertiary/aromatic N) is 1. The second kappa shape index (κ2) is 8.10. The maximum Gasteiger partial charge on any atom is 0.304 e. The van der Waals surface area contributed by atoms with E-state index in [4.69, 9.17) is 5.73 Å². The first kappa shape index (κ1) is 11.0. The van der Waals surface area contributed by atoms with Crippen molar-refractivity contribution in [2.24, 2.45) is 5.73 Å². The van der Waals surface area contributed by atoms with Gasteiger partial charge in [0.2, 0.25) is 0 Å². The Labute approximate surface area is 81.0 Å². The van der Waals surface area contributed by atoms with Gasteiger partial charge >= 0.3 is 6.04 Å². The Bertz CT molecular complexity index is 519. The van der Waals surface area contributed by atoms with Crippen molar-refractivity contribution in [3.05, 3.63) is 10.1 Å². The predicted molar refractivity (Wildman–Crippen MR) is 50.1 cm³/mol. The summed E-state index contributed by atoms with van der Waals surface area (Å²) >= 11 is 0. The van der Waals surface area contributed by atoms with Crippen molar-refractivity contribution in [1.29, 1.82) is 0 Å². The second-order valence-electron chi connectivity index (χ2n) is 1.51. The highest BCUT2D eigenvalue weighted by molar-refractivity contribution is 5.42. The lowest BCUT2D eigenvalue weighted by atomic mass is 10.5. The third-order valence-corrected chi connectivity index (χ3v) is 0.657. The first-order valence-electron chi connectivity index (χ1n) is 3.13. The van der Waals surface area contributed by atoms with E-state index in [-0.39, 0.29) is 0 Å². The minimum Gasteiger partial charge on any atom is -0.359 e. The fraction of sp³-hybridized carbons (Fsp3) is 0. The van der Waals surface area contributed by atoms with Gasteiger partial charge in [-0.2, -0.15) is 0 Å². The predicted octanol–water partition coefficient (Wildman–Crippen LogP) is -0.846. The Balaban J connectivity index is 4.19. The zero-order valence-corrected chi connectivity index (χ0v) is 6.84. The summed E-state index contributed by atoms with van der Waals surface area (Å²) in [6.45, 7) is 0. The van der Waals surface area contributed by atoms with Crippen molar-refractivity contribution in [2.75, 3.05) is 0 Å². The summed E-state index contributed by atoms with van der Waals surface area (Å²) < 4.78 is 0. The van der Waals surface area contributed by atoms with Crippen molar-refractivity contribution in [3.63, 3.8) is 0 Å². The third-order valence-electron chi connectivity index (χ3n) is 0.657. The van der Waals surface area contributed by atoms with Crippen molar-refractivity contribution < 1.29 is 4.92 Å². The maximum atomic E-state index is 9.69. The van der Waals surface area contributed by atoms with Gasteiger partial charge in [-0.25, -0.2) is 10.1 Å². The molecule has 0 spiro atoms. The van der Waals surface area contributed by atoms with Gasteiger partial charge in [0, 0.05) is 47.5 Å². The van der Waals surface area contributed by atoms with Gasteiger partial charge in [-0.15, -0.1) is 0 Å². The molecule has 0 aliphatic carbocycles. The SMILES string of the molecule is NC#CC#CC#CC#CC#C[N+](=O)[O-]. The molecule has 0 aliphatic heterocycles. The molecule has 0 aromatic carbocycles. The topological polar surface area (TPSA) is 69.2 Å². The molecule has 4 heteroatoms. The first-order chi connectivity index (χ1) is 6.77. The van der Waals surface area contributed by atoms with Gasteiger partial charge in [0.25, 0.3) is 0 Å². The monoisotopic (exact) mass is 182 g/mol. The van der Waals surface area contributed by atoms with Crippen LogP contribution in [0.15, 0.2) is 0 Å². The molecule has 2 N–H and O–H groups in total. The largest absolute Gasteiger partial charge is 0.359 e. The molecule has 0 aliphatic rings. The van der Waals surface area contributed by atoms with E-state index in [0.29, 0.717) is 0 Å². The van der Waals surface area contributed by atoms with E-state index in [2.05, 4.69) is 47.5 Å². The molecule has 0 rings (SSSR count). The fourth-order valence-corrected chi connectivity index (χ4v) is 0.297. The van der Waals surface area contributed by atoms with E-state index < -0.39 is 4.92 Å². The van der Waals surface area contributed by atoms with Gasteiger partial charge in [0.1, 0.15) is 4.92 Å². The van der Waals surface area contributed by atoms with Crippen molar-refractivity contribution >= 4 is 0 Å². The van der Waals surface area contributed by atoms with Crippen LogP contribution < -0.4 is 5.73 Å². The molecule has 14 heavy (non-hydrogen) atoms. The Morgan fingerprint density at radius 1 is 0.857 bits per heavy atom. The van der Waals surface area contributed by atoms with E-state index in [1.54, 1.807) is 6.04 Å². The third kappa shape index (κ3) is 9.00. The molecule has 0 aromatic heterocycles. The normalized spacial score (nSPS) is 4.57. The van der Waals surface area contributed by atoms with Crippen LogP contribution in [0.2, 0.25) is 0 Å². The van der Waals surface area contributed by atoms with Crippen LogP contribution in [-0.2, 0) is 0 Å². The lowest BCUT2D eigenvalue weighted by molar-refractivity contribution is -0.379. The Morgan fingerprint density at radius 3 is 1.71 bits per heavy atom. The number of hydrogen-bond donors (Lipinski definition) is 1. The quantitative estimate of drug-likeness (QED) is 0.230. The smallest absolute Gasteiger partial charge is 0.304 e. The molecule has 0 saturated carbocycles. The van der Waals surface area contributed by atoms with Crippen molar-refractivity contribution in [1.82, 2.24) is 0 Å².